The van der Waals surface area contributed by atoms with E-state index < -0.39 is 5.60 Å². The number of rotatable bonds is 3. The highest BCUT2D eigenvalue weighted by Gasteiger charge is 2.36. The molecular weight excluding hydrogens is 402 g/mol. The Morgan fingerprint density at radius 1 is 1.45 bits per heavy atom. The molecule has 1 saturated heterocycles. The summed E-state index contributed by atoms with van der Waals surface area (Å²) >= 11 is 0. The predicted molar refractivity (Wildman–Crippen MR) is 94.6 cm³/mol. The summed E-state index contributed by atoms with van der Waals surface area (Å²) in [5.74, 6) is 0.831. The molecule has 0 spiro atoms. The molecule has 0 aliphatic carbocycles. The van der Waals surface area contributed by atoms with Crippen LogP contribution in [-0.2, 0) is 4.74 Å². The lowest BCUT2D eigenvalue weighted by Crippen LogP contribution is -2.57. The molecule has 0 aromatic carbocycles. The number of guanidine groups is 1. The molecule has 0 saturated carbocycles. The van der Waals surface area contributed by atoms with Gasteiger partial charge in [0.15, 0.2) is 5.96 Å². The molecule has 2 heterocycles. The van der Waals surface area contributed by atoms with E-state index in [2.05, 4.69) is 15.2 Å². The Morgan fingerprint density at radius 2 is 2.18 bits per heavy atom. The minimum absolute atomic E-state index is 0. The van der Waals surface area contributed by atoms with Crippen molar-refractivity contribution < 1.29 is 13.9 Å². The Hall–Kier alpha value is -0.800. The molecule has 128 valence electrons. The van der Waals surface area contributed by atoms with Crippen molar-refractivity contribution in [2.45, 2.75) is 38.8 Å². The maximum atomic E-state index is 12.1. The molecule has 1 fully saturated rings. The first kappa shape index (κ1) is 19.2. The van der Waals surface area contributed by atoms with E-state index in [1.807, 2.05) is 20.8 Å². The number of aliphatic imine (C=N–C) groups is 1. The van der Waals surface area contributed by atoms with E-state index in [-0.39, 0.29) is 42.8 Å². The van der Waals surface area contributed by atoms with E-state index in [1.54, 1.807) is 4.90 Å². The lowest BCUT2D eigenvalue weighted by molar-refractivity contribution is 0.0137. The van der Waals surface area contributed by atoms with Gasteiger partial charge in [-0.1, -0.05) is 0 Å². The molecule has 2 rings (SSSR count). The average Bonchev–Trinajstić information content (AvgIpc) is 2.80. The number of halogens is 2. The van der Waals surface area contributed by atoms with Gasteiger partial charge in [-0.2, -0.15) is 0 Å². The third-order valence-corrected chi connectivity index (χ3v) is 3.45. The van der Waals surface area contributed by atoms with E-state index in [1.165, 1.54) is 0 Å². The summed E-state index contributed by atoms with van der Waals surface area (Å²) in [5, 5.41) is 3.17. The Morgan fingerprint density at radius 3 is 2.82 bits per heavy atom. The number of alkyl halides is 1. The highest BCUT2D eigenvalue weighted by molar-refractivity contribution is 14.0. The van der Waals surface area contributed by atoms with Gasteiger partial charge in [0.2, 0.25) is 0 Å². The molecule has 1 amide bonds. The molecule has 6 nitrogen and oxygen atoms in total. The van der Waals surface area contributed by atoms with Crippen LogP contribution in [-0.4, -0.2) is 72.9 Å². The second kappa shape index (κ2) is 8.16. The third kappa shape index (κ3) is 5.13. The first-order chi connectivity index (χ1) is 9.90. The summed E-state index contributed by atoms with van der Waals surface area (Å²) in [6.07, 6.45) is 0.225. The van der Waals surface area contributed by atoms with Crippen LogP contribution in [0.4, 0.5) is 9.18 Å². The zero-order chi connectivity index (χ0) is 15.5. The minimum atomic E-state index is -0.473. The van der Waals surface area contributed by atoms with E-state index in [0.717, 1.165) is 12.5 Å². The fraction of sp³-hybridized carbons (Fsp3) is 0.857. The Kier molecular flexibility index (Phi) is 7.14. The highest BCUT2D eigenvalue weighted by atomic mass is 127. The van der Waals surface area contributed by atoms with E-state index in [9.17, 15) is 9.18 Å². The number of fused-ring (bicyclic) bond motifs is 1. The van der Waals surface area contributed by atoms with Gasteiger partial charge < -0.3 is 19.9 Å². The molecule has 1 atom stereocenters. The summed E-state index contributed by atoms with van der Waals surface area (Å²) in [6.45, 7) is 8.50. The smallest absolute Gasteiger partial charge is 0.410 e. The number of nitrogens with one attached hydrogen (secondary N) is 1. The average molecular weight is 428 g/mol. The maximum Gasteiger partial charge on any atom is 0.410 e. The molecule has 8 heteroatoms. The lowest BCUT2D eigenvalue weighted by atomic mass is 10.2. The zero-order valence-electron chi connectivity index (χ0n) is 13.5. The molecule has 2 aliphatic rings. The molecule has 0 radical (unpaired) electrons. The Bertz CT molecular complexity index is 414. The second-order valence-electron chi connectivity index (χ2n) is 6.41. The number of piperazine rings is 1. The van der Waals surface area contributed by atoms with Gasteiger partial charge in [-0.15, -0.1) is 24.0 Å². The number of carbonyl (C=O) groups is 1. The van der Waals surface area contributed by atoms with Crippen LogP contribution < -0.4 is 5.32 Å². The molecular formula is C14H26FIN4O2. The largest absolute Gasteiger partial charge is 0.444 e. The molecule has 1 N–H and O–H groups in total. The van der Waals surface area contributed by atoms with Crippen molar-refractivity contribution in [1.82, 2.24) is 15.1 Å². The van der Waals surface area contributed by atoms with Crippen LogP contribution in [0.1, 0.15) is 27.2 Å². The standard InChI is InChI=1S/C14H25FN4O2.HI/c1-14(2,3)21-13(20)18-7-8-19-11(10-18)9-17-12(19)16-6-4-5-15;/h11H,4-10H2,1-3H3,(H,16,17);1H. The molecule has 0 aromatic rings. The predicted octanol–water partition coefficient (Wildman–Crippen LogP) is 1.84. The van der Waals surface area contributed by atoms with Crippen molar-refractivity contribution in [3.8, 4) is 0 Å². The van der Waals surface area contributed by atoms with Gasteiger partial charge in [0.25, 0.3) is 0 Å². The van der Waals surface area contributed by atoms with Crippen molar-refractivity contribution in [3.63, 3.8) is 0 Å². The van der Waals surface area contributed by atoms with Gasteiger partial charge in [0.05, 0.1) is 19.3 Å². The van der Waals surface area contributed by atoms with Crippen molar-refractivity contribution in [3.05, 3.63) is 0 Å². The maximum absolute atomic E-state index is 12.1. The van der Waals surface area contributed by atoms with Crippen LogP contribution in [0.5, 0.6) is 0 Å². The van der Waals surface area contributed by atoms with Crippen molar-refractivity contribution >= 4 is 36.0 Å². The van der Waals surface area contributed by atoms with Crippen LogP contribution in [0.25, 0.3) is 0 Å². The summed E-state index contributed by atoms with van der Waals surface area (Å²) in [6, 6.07) is 0.194. The van der Waals surface area contributed by atoms with E-state index >= 15 is 0 Å². The van der Waals surface area contributed by atoms with Gasteiger partial charge in [-0.25, -0.2) is 4.79 Å². The van der Waals surface area contributed by atoms with Crippen LogP contribution in [0.15, 0.2) is 4.99 Å². The van der Waals surface area contributed by atoms with Gasteiger partial charge in [0.1, 0.15) is 5.60 Å². The van der Waals surface area contributed by atoms with E-state index in [0.29, 0.717) is 32.6 Å². The minimum Gasteiger partial charge on any atom is -0.444 e. The number of nitrogens with zero attached hydrogens (tertiary/aromatic N) is 3. The Labute approximate surface area is 148 Å². The fourth-order valence-electron chi connectivity index (χ4n) is 2.49. The van der Waals surface area contributed by atoms with Crippen LogP contribution >= 0.6 is 24.0 Å². The van der Waals surface area contributed by atoms with Crippen molar-refractivity contribution in [2.75, 3.05) is 39.4 Å². The summed E-state index contributed by atoms with van der Waals surface area (Å²) in [5.41, 5.74) is -0.473. The monoisotopic (exact) mass is 428 g/mol. The van der Waals surface area contributed by atoms with Gasteiger partial charge in [-0.05, 0) is 27.2 Å². The third-order valence-electron chi connectivity index (χ3n) is 3.45. The van der Waals surface area contributed by atoms with E-state index in [4.69, 9.17) is 4.74 Å². The quantitative estimate of drug-likeness (QED) is 0.551. The van der Waals surface area contributed by atoms with Crippen molar-refractivity contribution in [2.24, 2.45) is 4.99 Å². The van der Waals surface area contributed by atoms with Gasteiger partial charge in [0, 0.05) is 26.2 Å². The molecule has 2 aliphatic heterocycles. The fourth-order valence-corrected chi connectivity index (χ4v) is 2.49. The number of amides is 1. The van der Waals surface area contributed by atoms with Gasteiger partial charge in [-0.3, -0.25) is 9.38 Å². The topological polar surface area (TPSA) is 57.2 Å². The number of carbonyl (C=O) groups excluding carboxylic acids is 1. The highest BCUT2D eigenvalue weighted by Crippen LogP contribution is 2.18. The number of hydrogen-bond donors (Lipinski definition) is 1. The molecule has 22 heavy (non-hydrogen) atoms. The normalized spacial score (nSPS) is 20.9. The number of ether oxygens (including phenoxy) is 1. The SMILES string of the molecule is CC(C)(C)OC(=O)N1CCN2C(NCCCF)=NCC2C1.I. The second-order valence-corrected chi connectivity index (χ2v) is 6.41. The summed E-state index contributed by atoms with van der Waals surface area (Å²) in [7, 11) is 0. The van der Waals surface area contributed by atoms with Crippen molar-refractivity contribution in [1.29, 1.82) is 0 Å². The van der Waals surface area contributed by atoms with Crippen LogP contribution in [0.2, 0.25) is 0 Å². The zero-order valence-corrected chi connectivity index (χ0v) is 15.8. The number of hydrogen-bond acceptors (Lipinski definition) is 5. The lowest BCUT2D eigenvalue weighted by Gasteiger charge is -2.39. The molecule has 0 aromatic heterocycles. The molecule has 0 bridgehead atoms. The van der Waals surface area contributed by atoms with Gasteiger partial charge >= 0.3 is 6.09 Å². The summed E-state index contributed by atoms with van der Waals surface area (Å²) in [4.78, 5) is 20.4. The van der Waals surface area contributed by atoms with Crippen LogP contribution in [0.3, 0.4) is 0 Å². The van der Waals surface area contributed by atoms with Crippen LogP contribution in [0, 0.1) is 0 Å². The first-order valence-electron chi connectivity index (χ1n) is 7.49. The molecule has 1 unspecified atom stereocenters. The Balaban J connectivity index is 0.00000242. The summed E-state index contributed by atoms with van der Waals surface area (Å²) < 4.78 is 17.5. The first-order valence-corrected chi connectivity index (χ1v) is 7.49.